The Bertz CT molecular complexity index is 361. The maximum absolute atomic E-state index is 7.18. The number of rotatable bonds is 4. The van der Waals surface area contributed by atoms with E-state index in [1.54, 1.807) is 11.3 Å². The summed E-state index contributed by atoms with van der Waals surface area (Å²) in [6.45, 7) is 12.5. The molecule has 16 heavy (non-hydrogen) atoms. The predicted molar refractivity (Wildman–Crippen MR) is 69.2 cm³/mol. The van der Waals surface area contributed by atoms with Gasteiger partial charge in [-0.1, -0.05) is 32.1 Å². The monoisotopic (exact) mass is 240 g/mol. The molecular weight excluding hydrogens is 220 g/mol. The minimum absolute atomic E-state index is 0.00293. The summed E-state index contributed by atoms with van der Waals surface area (Å²) in [4.78, 5) is 7.70. The fourth-order valence-corrected chi connectivity index (χ4v) is 2.69. The average Bonchev–Trinajstić information content (AvgIpc) is 2.63. The van der Waals surface area contributed by atoms with Crippen molar-refractivity contribution in [2.45, 2.75) is 40.0 Å². The van der Waals surface area contributed by atoms with Gasteiger partial charge in [-0.05, 0) is 13.8 Å². The normalized spacial score (nSPS) is 11.6. The van der Waals surface area contributed by atoms with Crippen LogP contribution in [0.1, 0.15) is 39.5 Å². The minimum atomic E-state index is 0.00293. The zero-order chi connectivity index (χ0) is 12.3. The molecule has 1 N–H and O–H groups in total. The average molecular weight is 240 g/mol. The van der Waals surface area contributed by atoms with Gasteiger partial charge < -0.3 is 4.90 Å². The fraction of sp³-hybridized carbons (Fsp3) is 0.727. The summed E-state index contributed by atoms with van der Waals surface area (Å²) in [6, 6.07) is 0. The van der Waals surface area contributed by atoms with E-state index in [1.165, 1.54) is 0 Å². The summed E-state index contributed by atoms with van der Waals surface area (Å²) >= 11 is 1.65. The lowest BCUT2D eigenvalue weighted by Gasteiger charge is -2.17. The Balaban J connectivity index is 3.17. The Morgan fingerprint density at radius 2 is 1.88 bits per heavy atom. The molecule has 0 bridgehead atoms. The summed E-state index contributed by atoms with van der Waals surface area (Å²) in [5.41, 5.74) is 7.19. The highest BCUT2D eigenvalue weighted by Crippen LogP contribution is 2.39. The van der Waals surface area contributed by atoms with Gasteiger partial charge in [0.25, 0.3) is 0 Å². The van der Waals surface area contributed by atoms with Crippen LogP contribution in [0.2, 0.25) is 0 Å². The Morgan fingerprint density at radius 1 is 1.31 bits per heavy atom. The maximum atomic E-state index is 7.18. The lowest BCUT2D eigenvalue weighted by atomic mass is 9.95. The molecule has 0 aliphatic carbocycles. The molecule has 1 aromatic rings. The number of aromatic nitrogens is 1. The van der Waals surface area contributed by atoms with Crippen LogP contribution < -0.4 is 4.90 Å². The van der Waals surface area contributed by atoms with Crippen molar-refractivity contribution in [3.63, 3.8) is 0 Å². The SMILES string of the molecule is CCN(CC)c1nc(N=N)c(C(C)(C)C)s1. The fourth-order valence-electron chi connectivity index (χ4n) is 1.49. The summed E-state index contributed by atoms with van der Waals surface area (Å²) < 4.78 is 0. The van der Waals surface area contributed by atoms with Crippen LogP contribution >= 0.6 is 11.3 Å². The third kappa shape index (κ3) is 2.58. The first kappa shape index (κ1) is 13.1. The molecule has 0 radical (unpaired) electrons. The molecule has 0 saturated carbocycles. The van der Waals surface area contributed by atoms with Crippen LogP contribution in [-0.2, 0) is 5.41 Å². The van der Waals surface area contributed by atoms with Crippen molar-refractivity contribution >= 4 is 22.3 Å². The molecule has 0 atom stereocenters. The standard InChI is InChI=1S/C11H20N4S/c1-6-15(7-2)10-13-9(14-12)8(16-10)11(3,4)5/h12H,6-7H2,1-5H3. The molecule has 0 aliphatic rings. The highest BCUT2D eigenvalue weighted by atomic mass is 32.1. The van der Waals surface area contributed by atoms with Crippen LogP contribution in [0.25, 0.3) is 0 Å². The van der Waals surface area contributed by atoms with E-state index < -0.39 is 0 Å². The van der Waals surface area contributed by atoms with Gasteiger partial charge >= 0.3 is 0 Å². The first-order valence-corrected chi connectivity index (χ1v) is 6.39. The van der Waals surface area contributed by atoms with Gasteiger partial charge in [0.05, 0.1) is 4.88 Å². The van der Waals surface area contributed by atoms with Gasteiger partial charge in [-0.25, -0.2) is 5.53 Å². The van der Waals surface area contributed by atoms with Gasteiger partial charge in [-0.3, -0.25) is 0 Å². The van der Waals surface area contributed by atoms with Crippen LogP contribution in [0.5, 0.6) is 0 Å². The Kier molecular flexibility index (Phi) is 4.02. The molecule has 0 aliphatic heterocycles. The van der Waals surface area contributed by atoms with Crippen LogP contribution in [0.15, 0.2) is 5.11 Å². The van der Waals surface area contributed by atoms with E-state index in [0.717, 1.165) is 23.1 Å². The topological polar surface area (TPSA) is 52.3 Å². The van der Waals surface area contributed by atoms with E-state index in [1.807, 2.05) is 0 Å². The molecule has 0 spiro atoms. The zero-order valence-electron chi connectivity index (χ0n) is 10.7. The first-order valence-electron chi connectivity index (χ1n) is 5.57. The van der Waals surface area contributed by atoms with Crippen molar-refractivity contribution in [2.75, 3.05) is 18.0 Å². The van der Waals surface area contributed by atoms with Crippen molar-refractivity contribution in [1.29, 1.82) is 5.53 Å². The molecule has 90 valence electrons. The number of thiazole rings is 1. The van der Waals surface area contributed by atoms with E-state index in [2.05, 4.69) is 49.6 Å². The number of hydrogen-bond acceptors (Lipinski definition) is 5. The van der Waals surface area contributed by atoms with Gasteiger partial charge in [0.1, 0.15) is 0 Å². The van der Waals surface area contributed by atoms with E-state index >= 15 is 0 Å². The number of hydrogen-bond donors (Lipinski definition) is 1. The number of anilines is 1. The van der Waals surface area contributed by atoms with E-state index in [-0.39, 0.29) is 5.41 Å². The van der Waals surface area contributed by atoms with Crippen molar-refractivity contribution < 1.29 is 0 Å². The maximum Gasteiger partial charge on any atom is 0.190 e. The van der Waals surface area contributed by atoms with Gasteiger partial charge in [0.2, 0.25) is 0 Å². The summed E-state index contributed by atoms with van der Waals surface area (Å²) in [7, 11) is 0. The largest absolute Gasteiger partial charge is 0.349 e. The Hall–Kier alpha value is -0.970. The molecule has 0 unspecified atom stereocenters. The van der Waals surface area contributed by atoms with Crippen molar-refractivity contribution in [2.24, 2.45) is 5.11 Å². The highest BCUT2D eigenvalue weighted by molar-refractivity contribution is 7.16. The van der Waals surface area contributed by atoms with Crippen molar-refractivity contribution in [3.8, 4) is 0 Å². The van der Waals surface area contributed by atoms with Crippen LogP contribution in [-0.4, -0.2) is 18.1 Å². The van der Waals surface area contributed by atoms with Gasteiger partial charge in [-0.2, -0.15) is 4.98 Å². The van der Waals surface area contributed by atoms with Gasteiger partial charge in [0, 0.05) is 18.5 Å². The van der Waals surface area contributed by atoms with Crippen molar-refractivity contribution in [3.05, 3.63) is 4.88 Å². The van der Waals surface area contributed by atoms with E-state index in [4.69, 9.17) is 5.53 Å². The molecule has 1 aromatic heterocycles. The molecule has 0 amide bonds. The first-order chi connectivity index (χ1) is 7.43. The Morgan fingerprint density at radius 3 is 2.19 bits per heavy atom. The van der Waals surface area contributed by atoms with E-state index in [0.29, 0.717) is 5.82 Å². The van der Waals surface area contributed by atoms with Gasteiger partial charge in [0.15, 0.2) is 10.9 Å². The summed E-state index contributed by atoms with van der Waals surface area (Å²) in [5, 5.41) is 4.50. The van der Waals surface area contributed by atoms with Crippen molar-refractivity contribution in [1.82, 2.24) is 4.98 Å². The smallest absolute Gasteiger partial charge is 0.190 e. The van der Waals surface area contributed by atoms with Crippen LogP contribution in [0, 0.1) is 5.53 Å². The predicted octanol–water partition coefficient (Wildman–Crippen LogP) is 3.95. The van der Waals surface area contributed by atoms with Crippen LogP contribution in [0.3, 0.4) is 0 Å². The third-order valence-corrected chi connectivity index (χ3v) is 3.95. The zero-order valence-corrected chi connectivity index (χ0v) is 11.5. The molecule has 1 heterocycles. The van der Waals surface area contributed by atoms with Gasteiger partial charge in [-0.15, -0.1) is 5.11 Å². The molecule has 5 heteroatoms. The molecule has 0 fully saturated rings. The van der Waals surface area contributed by atoms with Crippen LogP contribution in [0.4, 0.5) is 10.9 Å². The lowest BCUT2D eigenvalue weighted by Crippen LogP contribution is -2.21. The number of nitrogens with zero attached hydrogens (tertiary/aromatic N) is 3. The molecule has 0 saturated heterocycles. The minimum Gasteiger partial charge on any atom is -0.349 e. The second-order valence-corrected chi connectivity index (χ2v) is 5.66. The summed E-state index contributed by atoms with van der Waals surface area (Å²) in [6.07, 6.45) is 0. The molecule has 1 rings (SSSR count). The highest BCUT2D eigenvalue weighted by Gasteiger charge is 2.24. The number of nitrogens with one attached hydrogen (secondary N) is 1. The van der Waals surface area contributed by atoms with E-state index in [9.17, 15) is 0 Å². The molecule has 0 aromatic carbocycles. The molecule has 4 nitrogen and oxygen atoms in total. The molecular formula is C11H20N4S. The third-order valence-electron chi connectivity index (χ3n) is 2.42. The Labute approximate surface area is 101 Å². The second-order valence-electron chi connectivity index (χ2n) is 4.68. The lowest BCUT2D eigenvalue weighted by molar-refractivity contribution is 0.602. The summed E-state index contributed by atoms with van der Waals surface area (Å²) in [5.74, 6) is 0.569. The second kappa shape index (κ2) is 4.91. The quantitative estimate of drug-likeness (QED) is 0.810.